The summed E-state index contributed by atoms with van der Waals surface area (Å²) in [7, 11) is 0. The zero-order chi connectivity index (χ0) is 24.4. The van der Waals surface area contributed by atoms with E-state index in [4.69, 9.17) is 4.74 Å². The van der Waals surface area contributed by atoms with Gasteiger partial charge in [0.25, 0.3) is 0 Å². The number of fused-ring (bicyclic) bond motifs is 1. The number of halogens is 3. The highest BCUT2D eigenvalue weighted by Gasteiger charge is 2.42. The average molecular weight is 478 g/mol. The minimum Gasteiger partial charge on any atom is -0.494 e. The summed E-state index contributed by atoms with van der Waals surface area (Å²) in [5, 5.41) is 0. The zero-order valence-corrected chi connectivity index (χ0v) is 19.1. The van der Waals surface area contributed by atoms with Crippen molar-refractivity contribution < 1.29 is 32.2 Å². The second-order valence-corrected chi connectivity index (χ2v) is 8.46. The Balaban J connectivity index is 1.39. The number of carbonyl (C=O) groups is 2. The summed E-state index contributed by atoms with van der Waals surface area (Å²) in [4.78, 5) is 24.3. The summed E-state index contributed by atoms with van der Waals surface area (Å²) >= 11 is 0. The van der Waals surface area contributed by atoms with E-state index in [9.17, 15) is 22.8 Å². The maximum absolute atomic E-state index is 12.2. The van der Waals surface area contributed by atoms with Gasteiger partial charge in [0.2, 0.25) is 0 Å². The molecule has 2 aromatic rings. The van der Waals surface area contributed by atoms with Crippen LogP contribution in [0.15, 0.2) is 48.5 Å². The Morgan fingerprint density at radius 1 is 0.971 bits per heavy atom. The molecule has 0 aliphatic carbocycles. The van der Waals surface area contributed by atoms with Gasteiger partial charge in [0.15, 0.2) is 0 Å². The number of hydrogen-bond acceptors (Lipinski definition) is 5. The van der Waals surface area contributed by atoms with Crippen LogP contribution in [-0.4, -0.2) is 42.7 Å². The summed E-state index contributed by atoms with van der Waals surface area (Å²) in [6.07, 6.45) is 0.569. The van der Waals surface area contributed by atoms with Gasteiger partial charge in [-0.25, -0.2) is 4.79 Å². The van der Waals surface area contributed by atoms with Gasteiger partial charge in [0.05, 0.1) is 13.0 Å². The molecule has 184 valence electrons. The van der Waals surface area contributed by atoms with E-state index in [1.807, 2.05) is 23.1 Å². The number of carbonyl (C=O) groups excluding carboxylic acids is 2. The molecule has 1 aliphatic rings. The fourth-order valence-electron chi connectivity index (χ4n) is 3.99. The van der Waals surface area contributed by atoms with E-state index in [2.05, 4.69) is 35.1 Å². The van der Waals surface area contributed by atoms with E-state index < -0.39 is 18.1 Å². The molecule has 8 heteroatoms. The third-order valence-electron chi connectivity index (χ3n) is 5.78. The highest BCUT2D eigenvalue weighted by Crippen LogP contribution is 2.24. The van der Waals surface area contributed by atoms with Crippen molar-refractivity contribution in [2.24, 2.45) is 0 Å². The fourth-order valence-corrected chi connectivity index (χ4v) is 3.99. The molecule has 5 nitrogen and oxygen atoms in total. The first-order valence-electron chi connectivity index (χ1n) is 11.6. The standard InChI is InChI=1S/C26H30F3NO4/c27-26(28,29)25(32)34-24(31)14-16-30-15-7-11-21-18-23(13-12-22(21)19-30)33-17-6-2-5-10-20-8-3-1-4-9-20/h1,3-4,8-9,12-13,18H,2,5-7,10-11,14-17,19H2. The molecular weight excluding hydrogens is 447 g/mol. The molecule has 2 aromatic carbocycles. The molecule has 1 aliphatic heterocycles. The maximum atomic E-state index is 12.2. The van der Waals surface area contributed by atoms with Gasteiger partial charge in [-0.05, 0) is 73.9 Å². The lowest BCUT2D eigenvalue weighted by Gasteiger charge is -2.20. The van der Waals surface area contributed by atoms with Crippen molar-refractivity contribution in [3.05, 3.63) is 65.2 Å². The van der Waals surface area contributed by atoms with E-state index in [0.29, 0.717) is 19.7 Å². The van der Waals surface area contributed by atoms with E-state index in [-0.39, 0.29) is 13.0 Å². The van der Waals surface area contributed by atoms with E-state index in [0.717, 1.165) is 49.8 Å². The van der Waals surface area contributed by atoms with Gasteiger partial charge in [-0.15, -0.1) is 0 Å². The Kier molecular flexibility index (Phi) is 9.51. The van der Waals surface area contributed by atoms with Crippen LogP contribution in [0.25, 0.3) is 0 Å². The quantitative estimate of drug-likeness (QED) is 0.266. The van der Waals surface area contributed by atoms with Crippen molar-refractivity contribution in [2.75, 3.05) is 19.7 Å². The molecule has 34 heavy (non-hydrogen) atoms. The number of alkyl halides is 3. The summed E-state index contributed by atoms with van der Waals surface area (Å²) in [6, 6.07) is 16.4. The van der Waals surface area contributed by atoms with Gasteiger partial charge < -0.3 is 9.47 Å². The smallest absolute Gasteiger partial charge is 0.491 e. The second-order valence-electron chi connectivity index (χ2n) is 8.46. The van der Waals surface area contributed by atoms with Crippen LogP contribution in [0.1, 0.15) is 48.8 Å². The first-order valence-corrected chi connectivity index (χ1v) is 11.6. The normalized spacial score (nSPS) is 14.2. The Bertz CT molecular complexity index is 947. The number of aryl methyl sites for hydroxylation is 2. The van der Waals surface area contributed by atoms with Gasteiger partial charge in [0, 0.05) is 13.1 Å². The van der Waals surface area contributed by atoms with E-state index in [1.165, 1.54) is 11.1 Å². The molecule has 0 fully saturated rings. The summed E-state index contributed by atoms with van der Waals surface area (Å²) < 4.78 is 46.4. The SMILES string of the molecule is O=C(CCN1CCCc2cc(OCCCCCc3ccccc3)ccc2C1)OC(=O)C(F)(F)F. The number of esters is 2. The van der Waals surface area contributed by atoms with Crippen LogP contribution in [0.5, 0.6) is 5.75 Å². The third kappa shape index (κ3) is 8.48. The lowest BCUT2D eigenvalue weighted by molar-refractivity contribution is -0.201. The van der Waals surface area contributed by atoms with Crippen molar-refractivity contribution in [1.29, 1.82) is 0 Å². The molecule has 0 bridgehead atoms. The molecule has 0 atom stereocenters. The number of benzene rings is 2. The largest absolute Gasteiger partial charge is 0.494 e. The fraction of sp³-hybridized carbons (Fsp3) is 0.462. The first kappa shape index (κ1) is 25.7. The molecular formula is C26H30F3NO4. The van der Waals surface area contributed by atoms with Crippen molar-refractivity contribution >= 4 is 11.9 Å². The molecule has 0 amide bonds. The Morgan fingerprint density at radius 3 is 2.53 bits per heavy atom. The van der Waals surface area contributed by atoms with Crippen LogP contribution in [0.2, 0.25) is 0 Å². The minimum atomic E-state index is -5.17. The molecule has 0 saturated heterocycles. The van der Waals surface area contributed by atoms with E-state index in [1.54, 1.807) is 0 Å². The first-order chi connectivity index (χ1) is 16.3. The highest BCUT2D eigenvalue weighted by atomic mass is 19.4. The Labute approximate surface area is 197 Å². The zero-order valence-electron chi connectivity index (χ0n) is 19.1. The predicted molar refractivity (Wildman–Crippen MR) is 121 cm³/mol. The van der Waals surface area contributed by atoms with Gasteiger partial charge in [0.1, 0.15) is 5.75 Å². The minimum absolute atomic E-state index is 0.227. The van der Waals surface area contributed by atoms with Crippen LogP contribution in [0.3, 0.4) is 0 Å². The summed E-state index contributed by atoms with van der Waals surface area (Å²) in [5.41, 5.74) is 3.64. The van der Waals surface area contributed by atoms with Crippen LogP contribution in [-0.2, 0) is 33.7 Å². The summed E-state index contributed by atoms with van der Waals surface area (Å²) in [6.45, 7) is 2.17. The van der Waals surface area contributed by atoms with Crippen molar-refractivity contribution in [2.45, 2.75) is 57.7 Å². The van der Waals surface area contributed by atoms with Gasteiger partial charge in [-0.2, -0.15) is 13.2 Å². The number of hydrogen-bond donors (Lipinski definition) is 0. The number of ether oxygens (including phenoxy) is 2. The molecule has 0 unspecified atom stereocenters. The number of unbranched alkanes of at least 4 members (excludes halogenated alkanes) is 2. The van der Waals surface area contributed by atoms with Crippen molar-refractivity contribution in [1.82, 2.24) is 4.90 Å². The van der Waals surface area contributed by atoms with Gasteiger partial charge in [-0.1, -0.05) is 36.4 Å². The van der Waals surface area contributed by atoms with Crippen molar-refractivity contribution in [3.63, 3.8) is 0 Å². The van der Waals surface area contributed by atoms with E-state index >= 15 is 0 Å². The van der Waals surface area contributed by atoms with Crippen LogP contribution in [0, 0.1) is 0 Å². The molecule has 0 spiro atoms. The Morgan fingerprint density at radius 2 is 1.76 bits per heavy atom. The molecule has 0 radical (unpaired) electrons. The van der Waals surface area contributed by atoms with Crippen LogP contribution in [0.4, 0.5) is 13.2 Å². The molecule has 1 heterocycles. The average Bonchev–Trinajstić information content (AvgIpc) is 3.01. The lowest BCUT2D eigenvalue weighted by Crippen LogP contribution is -2.31. The van der Waals surface area contributed by atoms with Crippen LogP contribution >= 0.6 is 0 Å². The molecule has 0 aromatic heterocycles. The van der Waals surface area contributed by atoms with Gasteiger partial charge >= 0.3 is 18.1 Å². The predicted octanol–water partition coefficient (Wildman–Crippen LogP) is 5.25. The number of rotatable bonds is 10. The topological polar surface area (TPSA) is 55.8 Å². The molecule has 0 N–H and O–H groups in total. The molecule has 3 rings (SSSR count). The van der Waals surface area contributed by atoms with Crippen molar-refractivity contribution in [3.8, 4) is 5.75 Å². The Hall–Kier alpha value is -2.87. The van der Waals surface area contributed by atoms with Crippen LogP contribution < -0.4 is 4.74 Å². The molecule has 0 saturated carbocycles. The highest BCUT2D eigenvalue weighted by molar-refractivity contribution is 5.88. The monoisotopic (exact) mass is 477 g/mol. The lowest BCUT2D eigenvalue weighted by atomic mass is 10.0. The summed E-state index contributed by atoms with van der Waals surface area (Å²) in [5.74, 6) is -2.80. The maximum Gasteiger partial charge on any atom is 0.491 e. The third-order valence-corrected chi connectivity index (χ3v) is 5.78. The van der Waals surface area contributed by atoms with Gasteiger partial charge in [-0.3, -0.25) is 9.69 Å². The second kappa shape index (κ2) is 12.6. The number of nitrogens with zero attached hydrogens (tertiary/aromatic N) is 1.